The van der Waals surface area contributed by atoms with Gasteiger partial charge in [-0.05, 0) is 36.6 Å². The molecule has 35 heavy (non-hydrogen) atoms. The van der Waals surface area contributed by atoms with Gasteiger partial charge in [-0.2, -0.15) is 13.2 Å². The average Bonchev–Trinajstić information content (AvgIpc) is 3.44. The molecule has 1 aromatic carbocycles. The summed E-state index contributed by atoms with van der Waals surface area (Å²) in [6.45, 7) is 3.17. The van der Waals surface area contributed by atoms with Gasteiger partial charge in [-0.1, -0.05) is 37.6 Å². The highest BCUT2D eigenvalue weighted by Crippen LogP contribution is 2.39. The second-order valence-corrected chi connectivity index (χ2v) is 8.93. The van der Waals surface area contributed by atoms with Crippen molar-refractivity contribution < 1.29 is 17.9 Å². The molecule has 2 atom stereocenters. The SMILES string of the molecule is CCCCOc1cccc2ccc(-c3nnc4ccc(C(N5CC[C@@H](N)C5)C(F)(F)F)cn34)nc12. The van der Waals surface area contributed by atoms with E-state index in [0.29, 0.717) is 48.0 Å². The third kappa shape index (κ3) is 4.68. The molecule has 184 valence electrons. The highest BCUT2D eigenvalue weighted by Gasteiger charge is 2.46. The zero-order chi connectivity index (χ0) is 24.6. The number of pyridine rings is 2. The number of likely N-dealkylation sites (tertiary alicyclic amines) is 1. The van der Waals surface area contributed by atoms with Gasteiger partial charge in [-0.25, -0.2) is 4.98 Å². The van der Waals surface area contributed by atoms with Gasteiger partial charge in [0.05, 0.1) is 6.61 Å². The summed E-state index contributed by atoms with van der Waals surface area (Å²) in [6.07, 6.45) is -0.508. The summed E-state index contributed by atoms with van der Waals surface area (Å²) in [5.74, 6) is 1.03. The van der Waals surface area contributed by atoms with Crippen molar-refractivity contribution in [2.75, 3.05) is 19.7 Å². The lowest BCUT2D eigenvalue weighted by Crippen LogP contribution is -2.38. The number of benzene rings is 1. The number of nitrogens with zero attached hydrogens (tertiary/aromatic N) is 5. The van der Waals surface area contributed by atoms with Crippen LogP contribution in [0.3, 0.4) is 0 Å². The Morgan fingerprint density at radius 1 is 1.14 bits per heavy atom. The first-order chi connectivity index (χ1) is 16.8. The maximum absolute atomic E-state index is 14.1. The Balaban J connectivity index is 1.56. The van der Waals surface area contributed by atoms with E-state index in [1.165, 1.54) is 17.2 Å². The van der Waals surface area contributed by atoms with Gasteiger partial charge in [-0.15, -0.1) is 10.2 Å². The fourth-order valence-electron chi connectivity index (χ4n) is 4.59. The Labute approximate surface area is 200 Å². The molecule has 0 spiro atoms. The largest absolute Gasteiger partial charge is 0.491 e. The number of hydrogen-bond acceptors (Lipinski definition) is 6. The van der Waals surface area contributed by atoms with Crippen LogP contribution in [0.5, 0.6) is 5.75 Å². The number of rotatable bonds is 7. The van der Waals surface area contributed by atoms with E-state index in [0.717, 1.165) is 18.2 Å². The monoisotopic (exact) mass is 484 g/mol. The Hall–Kier alpha value is -3.24. The molecule has 10 heteroatoms. The molecule has 1 aliphatic rings. The molecule has 1 fully saturated rings. The summed E-state index contributed by atoms with van der Waals surface area (Å²) in [5.41, 5.74) is 7.63. The zero-order valence-electron chi connectivity index (χ0n) is 19.4. The van der Waals surface area contributed by atoms with Crippen molar-refractivity contribution in [2.24, 2.45) is 5.73 Å². The molecule has 3 aromatic heterocycles. The van der Waals surface area contributed by atoms with E-state index in [1.807, 2.05) is 24.3 Å². The van der Waals surface area contributed by atoms with Crippen LogP contribution >= 0.6 is 0 Å². The minimum atomic E-state index is -4.45. The summed E-state index contributed by atoms with van der Waals surface area (Å²) in [6, 6.07) is 10.4. The highest BCUT2D eigenvalue weighted by molar-refractivity contribution is 5.86. The van der Waals surface area contributed by atoms with Crippen molar-refractivity contribution in [1.29, 1.82) is 0 Å². The molecule has 1 unspecified atom stereocenters. The number of halogens is 3. The van der Waals surface area contributed by atoms with Crippen LogP contribution in [0.2, 0.25) is 0 Å². The number of ether oxygens (including phenoxy) is 1. The number of alkyl halides is 3. The number of aromatic nitrogens is 4. The van der Waals surface area contributed by atoms with Gasteiger partial charge < -0.3 is 10.5 Å². The van der Waals surface area contributed by atoms with E-state index in [4.69, 9.17) is 15.5 Å². The van der Waals surface area contributed by atoms with E-state index in [9.17, 15) is 13.2 Å². The first kappa shape index (κ1) is 23.5. The van der Waals surface area contributed by atoms with Gasteiger partial charge in [0, 0.05) is 30.7 Å². The number of unbranched alkanes of at least 4 members (excludes halogenated alkanes) is 1. The minimum absolute atomic E-state index is 0.115. The lowest BCUT2D eigenvalue weighted by atomic mass is 10.1. The first-order valence-electron chi connectivity index (χ1n) is 11.8. The number of fused-ring (bicyclic) bond motifs is 2. The quantitative estimate of drug-likeness (QED) is 0.381. The summed E-state index contributed by atoms with van der Waals surface area (Å²) >= 11 is 0. The summed E-state index contributed by atoms with van der Waals surface area (Å²) in [4.78, 5) is 6.15. The van der Waals surface area contributed by atoms with E-state index < -0.39 is 12.2 Å². The highest BCUT2D eigenvalue weighted by atomic mass is 19.4. The fraction of sp³-hybridized carbons (Fsp3) is 0.400. The number of hydrogen-bond donors (Lipinski definition) is 1. The van der Waals surface area contributed by atoms with Gasteiger partial charge in [0.15, 0.2) is 11.5 Å². The van der Waals surface area contributed by atoms with Gasteiger partial charge in [0.1, 0.15) is 23.0 Å². The molecular formula is C25H27F3N6O. The third-order valence-electron chi connectivity index (χ3n) is 6.34. The van der Waals surface area contributed by atoms with Gasteiger partial charge >= 0.3 is 6.18 Å². The Bertz CT molecular complexity index is 1340. The zero-order valence-corrected chi connectivity index (χ0v) is 19.4. The molecule has 0 radical (unpaired) electrons. The predicted molar refractivity (Wildman–Crippen MR) is 127 cm³/mol. The van der Waals surface area contributed by atoms with Crippen molar-refractivity contribution in [3.8, 4) is 17.3 Å². The second-order valence-electron chi connectivity index (χ2n) is 8.93. The molecule has 0 bridgehead atoms. The van der Waals surface area contributed by atoms with Crippen LogP contribution < -0.4 is 10.5 Å². The maximum atomic E-state index is 14.1. The van der Waals surface area contributed by atoms with Crippen molar-refractivity contribution in [1.82, 2.24) is 24.5 Å². The summed E-state index contributed by atoms with van der Waals surface area (Å²) in [5, 5.41) is 9.30. The van der Waals surface area contributed by atoms with Gasteiger partial charge in [0.2, 0.25) is 0 Å². The summed E-state index contributed by atoms with van der Waals surface area (Å²) < 4.78 is 49.9. The molecule has 1 aliphatic heterocycles. The van der Waals surface area contributed by atoms with E-state index in [1.54, 1.807) is 16.5 Å². The van der Waals surface area contributed by atoms with Crippen LogP contribution in [0.4, 0.5) is 13.2 Å². The van der Waals surface area contributed by atoms with Crippen LogP contribution in [0, 0.1) is 0 Å². The molecule has 1 saturated heterocycles. The Morgan fingerprint density at radius 3 is 2.74 bits per heavy atom. The van der Waals surface area contributed by atoms with E-state index >= 15 is 0 Å². The molecule has 4 heterocycles. The molecule has 2 N–H and O–H groups in total. The Morgan fingerprint density at radius 2 is 2.00 bits per heavy atom. The first-order valence-corrected chi connectivity index (χ1v) is 11.8. The van der Waals surface area contributed by atoms with Crippen LogP contribution in [0.15, 0.2) is 48.7 Å². The van der Waals surface area contributed by atoms with Crippen molar-refractivity contribution in [2.45, 2.75) is 44.4 Å². The molecule has 0 amide bonds. The molecule has 4 aromatic rings. The minimum Gasteiger partial charge on any atom is -0.491 e. The van der Waals surface area contributed by atoms with Crippen LogP contribution in [-0.2, 0) is 0 Å². The molecule has 0 aliphatic carbocycles. The van der Waals surface area contributed by atoms with Crippen molar-refractivity contribution in [3.63, 3.8) is 0 Å². The third-order valence-corrected chi connectivity index (χ3v) is 6.34. The predicted octanol–water partition coefficient (Wildman–Crippen LogP) is 4.76. The van der Waals surface area contributed by atoms with E-state index in [2.05, 4.69) is 17.1 Å². The number of para-hydroxylation sites is 1. The number of nitrogens with two attached hydrogens (primary N) is 1. The van der Waals surface area contributed by atoms with E-state index in [-0.39, 0.29) is 18.2 Å². The molecule has 5 rings (SSSR count). The van der Waals surface area contributed by atoms with Gasteiger partial charge in [0.25, 0.3) is 0 Å². The maximum Gasteiger partial charge on any atom is 0.408 e. The lowest BCUT2D eigenvalue weighted by molar-refractivity contribution is -0.183. The topological polar surface area (TPSA) is 81.6 Å². The second kappa shape index (κ2) is 9.43. The summed E-state index contributed by atoms with van der Waals surface area (Å²) in [7, 11) is 0. The van der Waals surface area contributed by atoms with Crippen molar-refractivity contribution >= 4 is 16.6 Å². The van der Waals surface area contributed by atoms with Crippen molar-refractivity contribution in [3.05, 3.63) is 54.2 Å². The Kier molecular flexibility index (Phi) is 6.33. The van der Waals surface area contributed by atoms with Crippen LogP contribution in [0.25, 0.3) is 28.1 Å². The van der Waals surface area contributed by atoms with Crippen LogP contribution in [-0.4, -0.2) is 56.4 Å². The van der Waals surface area contributed by atoms with Gasteiger partial charge in [-0.3, -0.25) is 9.30 Å². The fourth-order valence-corrected chi connectivity index (χ4v) is 4.59. The van der Waals surface area contributed by atoms with Crippen LogP contribution in [0.1, 0.15) is 37.8 Å². The standard InChI is InChI=1S/C25H27F3N6O/c1-2-3-13-35-20-6-4-5-16-7-9-19(30-22(16)20)24-32-31-21-10-8-17(14-34(21)24)23(25(26,27)28)33-12-11-18(29)15-33/h4-10,14,18,23H,2-3,11-13,15,29H2,1H3/t18-,23?/m1/s1. The average molecular weight is 485 g/mol. The normalized spacial score (nSPS) is 17.9. The molecule has 0 saturated carbocycles. The smallest absolute Gasteiger partial charge is 0.408 e. The molecular weight excluding hydrogens is 457 g/mol. The lowest BCUT2D eigenvalue weighted by Gasteiger charge is -2.30. The molecule has 7 nitrogen and oxygen atoms in total.